The minimum atomic E-state index is -0.425. The van der Waals surface area contributed by atoms with Crippen molar-refractivity contribution in [2.45, 2.75) is 77.4 Å². The molecule has 5 atom stereocenters. The normalized spacial score (nSPS) is 29.3. The molecule has 6 rings (SSSR count). The second-order valence-electron chi connectivity index (χ2n) is 11.6. The van der Waals surface area contributed by atoms with Crippen LogP contribution in [0.15, 0.2) is 48.5 Å². The summed E-state index contributed by atoms with van der Waals surface area (Å²) in [4.78, 5) is 13.4. The molecule has 3 N–H and O–H groups in total. The van der Waals surface area contributed by atoms with Crippen LogP contribution in [-0.4, -0.2) is 37.2 Å². The zero-order valence-corrected chi connectivity index (χ0v) is 21.6. The van der Waals surface area contributed by atoms with E-state index in [1.54, 1.807) is 0 Å². The van der Waals surface area contributed by atoms with Gasteiger partial charge in [-0.1, -0.05) is 62.7 Å². The quantitative estimate of drug-likeness (QED) is 0.410. The van der Waals surface area contributed by atoms with Crippen LogP contribution >= 0.6 is 0 Å². The number of aryl methyl sites for hydroxylation is 1. The van der Waals surface area contributed by atoms with Gasteiger partial charge in [0, 0.05) is 5.56 Å². The Bertz CT molecular complexity index is 1070. The minimum absolute atomic E-state index is 0.0725. The van der Waals surface area contributed by atoms with Gasteiger partial charge in [0.25, 0.3) is 5.91 Å². The summed E-state index contributed by atoms with van der Waals surface area (Å²) in [6, 6.07) is 16.3. The van der Waals surface area contributed by atoms with Crippen LogP contribution in [0.4, 0.5) is 0 Å². The predicted molar refractivity (Wildman–Crippen MR) is 141 cm³/mol. The van der Waals surface area contributed by atoms with Crippen molar-refractivity contribution in [3.63, 3.8) is 0 Å². The summed E-state index contributed by atoms with van der Waals surface area (Å²) in [5.41, 5.74) is 9.68. The summed E-state index contributed by atoms with van der Waals surface area (Å²) in [7, 11) is -0.425. The topological polar surface area (TPSA) is 73.6 Å². The van der Waals surface area contributed by atoms with E-state index in [1.165, 1.54) is 6.42 Å². The first-order chi connectivity index (χ1) is 16.7. The number of carbonyl (C=O) groups is 1. The van der Waals surface area contributed by atoms with Crippen molar-refractivity contribution in [1.82, 2.24) is 5.32 Å². The van der Waals surface area contributed by atoms with Gasteiger partial charge >= 0.3 is 7.12 Å². The lowest BCUT2D eigenvalue weighted by atomic mass is 9.43. The van der Waals surface area contributed by atoms with E-state index in [9.17, 15) is 4.79 Å². The molecule has 2 aromatic carbocycles. The minimum Gasteiger partial charge on any atom is -0.404 e. The average Bonchev–Trinajstić information content (AvgIpc) is 3.21. The van der Waals surface area contributed by atoms with E-state index < -0.39 is 7.12 Å². The highest BCUT2D eigenvalue weighted by atomic mass is 16.7. The molecular formula is C29H39BN2O3. The Morgan fingerprint density at radius 2 is 1.89 bits per heavy atom. The SMILES string of the molecule is Cc1cc(-c2ccccc2)ccc1C(=O)N[C@@H](CCCCN)B1O[C@@H]2CC3CC(C3(C)C)[C@]2(C)O1. The first-order valence-electron chi connectivity index (χ1n) is 13.2. The third kappa shape index (κ3) is 4.34. The van der Waals surface area contributed by atoms with Gasteiger partial charge in [0.2, 0.25) is 0 Å². The number of rotatable bonds is 8. The van der Waals surface area contributed by atoms with Gasteiger partial charge in [-0.05, 0) is 86.1 Å². The molecule has 4 fully saturated rings. The Labute approximate surface area is 210 Å². The molecule has 2 unspecified atom stereocenters. The number of nitrogens with one attached hydrogen (secondary N) is 1. The fourth-order valence-corrected chi connectivity index (χ4v) is 6.83. The maximum absolute atomic E-state index is 13.4. The monoisotopic (exact) mass is 474 g/mol. The van der Waals surface area contributed by atoms with Crippen LogP contribution in [0.5, 0.6) is 0 Å². The van der Waals surface area contributed by atoms with E-state index in [0.717, 1.165) is 42.4 Å². The number of hydrogen-bond donors (Lipinski definition) is 2. The van der Waals surface area contributed by atoms with E-state index in [2.05, 4.69) is 44.3 Å². The number of unbranched alkanes of at least 4 members (excludes halogenated alkanes) is 1. The molecule has 6 heteroatoms. The lowest BCUT2D eigenvalue weighted by Crippen LogP contribution is -2.65. The molecule has 5 nitrogen and oxygen atoms in total. The smallest absolute Gasteiger partial charge is 0.404 e. The van der Waals surface area contributed by atoms with Crippen LogP contribution in [-0.2, 0) is 9.31 Å². The van der Waals surface area contributed by atoms with Crippen molar-refractivity contribution >= 4 is 13.0 Å². The van der Waals surface area contributed by atoms with Crippen molar-refractivity contribution < 1.29 is 14.1 Å². The second kappa shape index (κ2) is 9.38. The Morgan fingerprint density at radius 3 is 2.57 bits per heavy atom. The van der Waals surface area contributed by atoms with Crippen molar-refractivity contribution in [2.24, 2.45) is 23.0 Å². The number of carbonyl (C=O) groups excluding carboxylic acids is 1. The lowest BCUT2D eigenvalue weighted by molar-refractivity contribution is -0.199. The average molecular weight is 474 g/mol. The highest BCUT2D eigenvalue weighted by molar-refractivity contribution is 6.48. The van der Waals surface area contributed by atoms with E-state index >= 15 is 0 Å². The molecule has 2 aromatic rings. The highest BCUT2D eigenvalue weighted by Crippen LogP contribution is 2.65. The first kappa shape index (κ1) is 24.5. The standard InChI is InChI=1S/C29H39BN2O3/c1-19-16-21(20-10-6-5-7-11-20)13-14-23(19)27(33)32-26(12-8-9-15-31)30-34-25-18-22-17-24(28(22,2)3)29(25,4)35-30/h5-7,10-11,13-14,16,22,24-26H,8-9,12,15,17-18,31H2,1-4H3,(H,32,33)/t22?,24?,25-,26+,29+/m1/s1. The maximum Gasteiger partial charge on any atom is 0.481 e. The fraction of sp³-hybridized carbons (Fsp3) is 0.552. The molecule has 3 saturated carbocycles. The van der Waals surface area contributed by atoms with Gasteiger partial charge < -0.3 is 20.4 Å². The van der Waals surface area contributed by atoms with Crippen LogP contribution in [0.1, 0.15) is 68.8 Å². The lowest BCUT2D eigenvalue weighted by Gasteiger charge is -2.64. The maximum atomic E-state index is 13.4. The Morgan fingerprint density at radius 1 is 1.11 bits per heavy atom. The van der Waals surface area contributed by atoms with Gasteiger partial charge in [-0.2, -0.15) is 0 Å². The summed E-state index contributed by atoms with van der Waals surface area (Å²) in [6.07, 6.45) is 4.99. The molecule has 3 aliphatic carbocycles. The number of benzene rings is 2. The number of amides is 1. The molecule has 2 bridgehead atoms. The number of nitrogens with two attached hydrogens (primary N) is 1. The molecule has 1 amide bonds. The molecule has 1 saturated heterocycles. The van der Waals surface area contributed by atoms with E-state index in [-0.39, 0.29) is 23.6 Å². The van der Waals surface area contributed by atoms with Gasteiger partial charge in [-0.3, -0.25) is 4.79 Å². The van der Waals surface area contributed by atoms with Crippen LogP contribution in [0.3, 0.4) is 0 Å². The van der Waals surface area contributed by atoms with Crippen LogP contribution < -0.4 is 11.1 Å². The van der Waals surface area contributed by atoms with Gasteiger partial charge in [0.15, 0.2) is 0 Å². The summed E-state index contributed by atoms with van der Waals surface area (Å²) >= 11 is 0. The van der Waals surface area contributed by atoms with Crippen LogP contribution in [0.2, 0.25) is 0 Å². The van der Waals surface area contributed by atoms with Crippen LogP contribution in [0, 0.1) is 24.2 Å². The van der Waals surface area contributed by atoms with Crippen molar-refractivity contribution in [2.75, 3.05) is 6.54 Å². The third-order valence-corrected chi connectivity index (χ3v) is 9.16. The molecule has 1 heterocycles. The molecule has 0 spiro atoms. The van der Waals surface area contributed by atoms with E-state index in [1.807, 2.05) is 37.3 Å². The molecule has 35 heavy (non-hydrogen) atoms. The molecule has 0 radical (unpaired) electrons. The van der Waals surface area contributed by atoms with Gasteiger partial charge in [-0.15, -0.1) is 0 Å². The van der Waals surface area contributed by atoms with Crippen molar-refractivity contribution in [3.05, 3.63) is 59.7 Å². The summed E-state index contributed by atoms with van der Waals surface area (Å²) in [5, 5.41) is 3.28. The summed E-state index contributed by atoms with van der Waals surface area (Å²) in [6.45, 7) is 9.60. The zero-order valence-electron chi connectivity index (χ0n) is 21.6. The zero-order chi connectivity index (χ0) is 24.8. The Balaban J connectivity index is 1.32. The Hall–Kier alpha value is -2.15. The second-order valence-corrected chi connectivity index (χ2v) is 11.6. The molecular weight excluding hydrogens is 435 g/mol. The number of hydrogen-bond acceptors (Lipinski definition) is 4. The fourth-order valence-electron chi connectivity index (χ4n) is 6.83. The summed E-state index contributed by atoms with van der Waals surface area (Å²) in [5.74, 6) is 0.919. The third-order valence-electron chi connectivity index (χ3n) is 9.16. The van der Waals surface area contributed by atoms with Gasteiger partial charge in [0.05, 0.1) is 17.6 Å². The van der Waals surface area contributed by atoms with E-state index in [0.29, 0.717) is 29.4 Å². The first-order valence-corrected chi connectivity index (χ1v) is 13.2. The molecule has 1 aliphatic heterocycles. The predicted octanol–water partition coefficient (Wildman–Crippen LogP) is 5.16. The molecule has 4 aliphatic rings. The van der Waals surface area contributed by atoms with Gasteiger partial charge in [-0.25, -0.2) is 0 Å². The molecule has 186 valence electrons. The van der Waals surface area contributed by atoms with Crippen LogP contribution in [0.25, 0.3) is 11.1 Å². The largest absolute Gasteiger partial charge is 0.481 e. The molecule has 0 aromatic heterocycles. The highest BCUT2D eigenvalue weighted by Gasteiger charge is 2.68. The van der Waals surface area contributed by atoms with E-state index in [4.69, 9.17) is 15.0 Å². The van der Waals surface area contributed by atoms with Gasteiger partial charge in [0.1, 0.15) is 0 Å². The van der Waals surface area contributed by atoms with Crippen molar-refractivity contribution in [3.8, 4) is 11.1 Å². The van der Waals surface area contributed by atoms with Crippen molar-refractivity contribution in [1.29, 1.82) is 0 Å². The summed E-state index contributed by atoms with van der Waals surface area (Å²) < 4.78 is 13.2. The Kier molecular flexibility index (Phi) is 6.58.